The zero-order chi connectivity index (χ0) is 13.1. The van der Waals surface area contributed by atoms with Gasteiger partial charge in [0.25, 0.3) is 0 Å². The van der Waals surface area contributed by atoms with Gasteiger partial charge in [-0.05, 0) is 31.0 Å². The van der Waals surface area contributed by atoms with Gasteiger partial charge >= 0.3 is 0 Å². The van der Waals surface area contributed by atoms with Crippen molar-refractivity contribution >= 4 is 11.3 Å². The minimum absolute atomic E-state index is 0.169. The third kappa shape index (κ3) is 2.79. The van der Waals surface area contributed by atoms with Crippen molar-refractivity contribution in [1.82, 2.24) is 0 Å². The Hall–Kier alpha value is -1.19. The molecular formula is C15H18FNS. The van der Waals surface area contributed by atoms with Crippen LogP contribution in [0, 0.1) is 12.7 Å². The summed E-state index contributed by atoms with van der Waals surface area (Å²) in [5.41, 5.74) is 7.38. The highest BCUT2D eigenvalue weighted by Crippen LogP contribution is 2.25. The summed E-state index contributed by atoms with van der Waals surface area (Å²) in [7, 11) is 0. The van der Waals surface area contributed by atoms with Gasteiger partial charge < -0.3 is 5.73 Å². The molecule has 0 radical (unpaired) electrons. The van der Waals surface area contributed by atoms with E-state index in [0.29, 0.717) is 17.5 Å². The highest BCUT2D eigenvalue weighted by Gasteiger charge is 2.14. The summed E-state index contributed by atoms with van der Waals surface area (Å²) >= 11 is 1.76. The molecule has 0 saturated heterocycles. The molecule has 3 heteroatoms. The first kappa shape index (κ1) is 13.2. The van der Waals surface area contributed by atoms with Gasteiger partial charge in [-0.3, -0.25) is 0 Å². The number of nitrogens with two attached hydrogens (primary N) is 1. The Morgan fingerprint density at radius 3 is 2.61 bits per heavy atom. The summed E-state index contributed by atoms with van der Waals surface area (Å²) in [5.74, 6) is -0.169. The van der Waals surface area contributed by atoms with E-state index in [2.05, 4.69) is 19.1 Å². The molecule has 18 heavy (non-hydrogen) atoms. The molecule has 2 N–H and O–H groups in total. The average Bonchev–Trinajstić information content (AvgIpc) is 2.80. The third-order valence-electron chi connectivity index (χ3n) is 3.11. The normalized spacial score (nSPS) is 12.7. The summed E-state index contributed by atoms with van der Waals surface area (Å²) in [4.78, 5) is 2.57. The molecule has 0 aliphatic rings. The van der Waals surface area contributed by atoms with E-state index in [1.54, 1.807) is 30.4 Å². The van der Waals surface area contributed by atoms with Crippen molar-refractivity contribution in [2.45, 2.75) is 32.7 Å². The number of hydrogen-bond acceptors (Lipinski definition) is 2. The Morgan fingerprint density at radius 1 is 1.22 bits per heavy atom. The van der Waals surface area contributed by atoms with E-state index in [9.17, 15) is 4.39 Å². The first-order valence-corrected chi connectivity index (χ1v) is 7.01. The lowest BCUT2D eigenvalue weighted by molar-refractivity contribution is 0.574. The lowest BCUT2D eigenvalue weighted by atomic mass is 10.0. The number of benzene rings is 1. The Bertz CT molecular complexity index is 533. The lowest BCUT2D eigenvalue weighted by Gasteiger charge is -2.13. The predicted octanol–water partition coefficient (Wildman–Crippen LogP) is 4.00. The van der Waals surface area contributed by atoms with Crippen LogP contribution >= 0.6 is 11.3 Å². The van der Waals surface area contributed by atoms with Crippen LogP contribution in [0.25, 0.3) is 0 Å². The first-order chi connectivity index (χ1) is 8.61. The Kier molecular flexibility index (Phi) is 4.15. The monoisotopic (exact) mass is 263 g/mol. The van der Waals surface area contributed by atoms with Crippen LogP contribution in [-0.4, -0.2) is 0 Å². The summed E-state index contributed by atoms with van der Waals surface area (Å²) in [6.07, 6.45) is 1.74. The number of halogens is 1. The van der Waals surface area contributed by atoms with E-state index in [0.717, 1.165) is 6.42 Å². The molecule has 2 rings (SSSR count). The summed E-state index contributed by atoms with van der Waals surface area (Å²) in [6.45, 7) is 3.90. The summed E-state index contributed by atoms with van der Waals surface area (Å²) < 4.78 is 13.9. The standard InChI is InChI=1S/C15H18FNS/c1-3-11-7-8-12(18-11)9-14(17)13-6-4-5-10(2)15(13)16/h4-8,14H,3,9,17H2,1-2H3. The number of rotatable bonds is 4. The van der Waals surface area contributed by atoms with Gasteiger partial charge in [-0.2, -0.15) is 0 Å². The summed E-state index contributed by atoms with van der Waals surface area (Å²) in [5, 5.41) is 0. The van der Waals surface area contributed by atoms with Crippen molar-refractivity contribution in [3.05, 3.63) is 57.0 Å². The second-order valence-corrected chi connectivity index (χ2v) is 5.76. The zero-order valence-electron chi connectivity index (χ0n) is 10.7. The van der Waals surface area contributed by atoms with Crippen molar-refractivity contribution in [1.29, 1.82) is 0 Å². The zero-order valence-corrected chi connectivity index (χ0v) is 11.6. The van der Waals surface area contributed by atoms with Crippen LogP contribution in [0.1, 0.15) is 33.8 Å². The first-order valence-electron chi connectivity index (χ1n) is 6.20. The van der Waals surface area contributed by atoms with E-state index >= 15 is 0 Å². The maximum Gasteiger partial charge on any atom is 0.130 e. The van der Waals surface area contributed by atoms with E-state index in [-0.39, 0.29) is 11.9 Å². The lowest BCUT2D eigenvalue weighted by Crippen LogP contribution is -2.14. The van der Waals surface area contributed by atoms with Crippen molar-refractivity contribution in [3.63, 3.8) is 0 Å². The molecule has 0 saturated carbocycles. The second-order valence-electron chi connectivity index (χ2n) is 4.51. The molecule has 1 unspecified atom stereocenters. The largest absolute Gasteiger partial charge is 0.324 e. The molecule has 2 aromatic rings. The molecule has 1 nitrogen and oxygen atoms in total. The summed E-state index contributed by atoms with van der Waals surface area (Å²) in [6, 6.07) is 9.36. The highest BCUT2D eigenvalue weighted by molar-refractivity contribution is 7.11. The van der Waals surface area contributed by atoms with Crippen molar-refractivity contribution in [3.8, 4) is 0 Å². The van der Waals surface area contributed by atoms with E-state index < -0.39 is 0 Å². The molecule has 0 bridgehead atoms. The number of hydrogen-bond donors (Lipinski definition) is 1. The molecule has 1 heterocycles. The number of aryl methyl sites for hydroxylation is 2. The Balaban J connectivity index is 2.16. The van der Waals surface area contributed by atoms with Gasteiger partial charge in [0.15, 0.2) is 0 Å². The van der Waals surface area contributed by atoms with E-state index in [4.69, 9.17) is 5.73 Å². The molecule has 0 aliphatic heterocycles. The van der Waals surface area contributed by atoms with Gasteiger partial charge in [0.1, 0.15) is 5.82 Å². The smallest absolute Gasteiger partial charge is 0.130 e. The molecule has 1 atom stereocenters. The molecule has 1 aromatic carbocycles. The van der Waals surface area contributed by atoms with Gasteiger partial charge in [-0.1, -0.05) is 25.1 Å². The van der Waals surface area contributed by atoms with Crippen LogP contribution in [0.2, 0.25) is 0 Å². The third-order valence-corrected chi connectivity index (χ3v) is 4.36. The average molecular weight is 263 g/mol. The minimum Gasteiger partial charge on any atom is -0.324 e. The van der Waals surface area contributed by atoms with Crippen molar-refractivity contribution in [2.75, 3.05) is 0 Å². The van der Waals surface area contributed by atoms with E-state index in [1.807, 2.05) is 6.07 Å². The van der Waals surface area contributed by atoms with Gasteiger partial charge in [-0.25, -0.2) is 4.39 Å². The molecule has 0 amide bonds. The molecule has 1 aromatic heterocycles. The fraction of sp³-hybridized carbons (Fsp3) is 0.333. The SMILES string of the molecule is CCc1ccc(CC(N)c2cccc(C)c2F)s1. The van der Waals surface area contributed by atoms with Crippen molar-refractivity contribution < 1.29 is 4.39 Å². The quantitative estimate of drug-likeness (QED) is 0.886. The minimum atomic E-state index is -0.270. The molecule has 0 spiro atoms. The fourth-order valence-electron chi connectivity index (χ4n) is 2.01. The molecule has 0 fully saturated rings. The highest BCUT2D eigenvalue weighted by atomic mass is 32.1. The number of thiophene rings is 1. The van der Waals surface area contributed by atoms with Gasteiger partial charge in [0.05, 0.1) is 0 Å². The Morgan fingerprint density at radius 2 is 1.94 bits per heavy atom. The van der Waals surface area contributed by atoms with E-state index in [1.165, 1.54) is 9.75 Å². The second kappa shape index (κ2) is 5.63. The topological polar surface area (TPSA) is 26.0 Å². The maximum atomic E-state index is 13.9. The maximum absolute atomic E-state index is 13.9. The van der Waals surface area contributed by atoms with Crippen LogP contribution in [0.5, 0.6) is 0 Å². The molecule has 0 aliphatic carbocycles. The molecule has 96 valence electrons. The fourth-order valence-corrected chi connectivity index (χ4v) is 3.02. The van der Waals surface area contributed by atoms with Crippen LogP contribution in [0.4, 0.5) is 4.39 Å². The van der Waals surface area contributed by atoms with Gasteiger partial charge in [-0.15, -0.1) is 11.3 Å². The van der Waals surface area contributed by atoms with Crippen LogP contribution in [0.3, 0.4) is 0 Å². The van der Waals surface area contributed by atoms with Gasteiger partial charge in [0, 0.05) is 27.8 Å². The predicted molar refractivity (Wildman–Crippen MR) is 75.5 cm³/mol. The van der Waals surface area contributed by atoms with Crippen molar-refractivity contribution in [2.24, 2.45) is 5.73 Å². The van der Waals surface area contributed by atoms with Crippen LogP contribution in [-0.2, 0) is 12.8 Å². The van der Waals surface area contributed by atoms with Crippen LogP contribution < -0.4 is 5.73 Å². The Labute approximate surface area is 111 Å². The van der Waals surface area contributed by atoms with Crippen LogP contribution in [0.15, 0.2) is 30.3 Å². The molecular weight excluding hydrogens is 245 g/mol. The van der Waals surface area contributed by atoms with Gasteiger partial charge in [0.2, 0.25) is 0 Å².